The largest absolute Gasteiger partial charge is 0.467 e. The summed E-state index contributed by atoms with van der Waals surface area (Å²) in [6.45, 7) is -0.717. The molecule has 0 radical (unpaired) electrons. The summed E-state index contributed by atoms with van der Waals surface area (Å²) in [4.78, 5) is 10.3. The van der Waals surface area contributed by atoms with E-state index in [4.69, 9.17) is 0 Å². The van der Waals surface area contributed by atoms with Crippen LogP contribution in [0.15, 0.2) is 29.2 Å². The summed E-state index contributed by atoms with van der Waals surface area (Å²) in [6, 6.07) is 3.07. The van der Waals surface area contributed by atoms with E-state index in [1.165, 1.54) is 0 Å². The number of ether oxygens (including phenoxy) is 1. The number of halogens is 3. The number of aliphatic hydroxyl groups is 1. The molecule has 21 heavy (non-hydrogen) atoms. The Bertz CT molecular complexity index is 615. The van der Waals surface area contributed by atoms with Crippen LogP contribution in [-0.2, 0) is 25.7 Å². The van der Waals surface area contributed by atoms with Crippen LogP contribution in [0.1, 0.15) is 5.56 Å². The van der Waals surface area contributed by atoms with Crippen LogP contribution in [-0.4, -0.2) is 39.3 Å². The first kappa shape index (κ1) is 17.4. The first-order chi connectivity index (χ1) is 9.58. The molecule has 10 heteroatoms. The van der Waals surface area contributed by atoms with Crippen LogP contribution in [0.5, 0.6) is 0 Å². The molecule has 1 aromatic carbocycles. The predicted molar refractivity (Wildman–Crippen MR) is 64.7 cm³/mol. The predicted octanol–water partition coefficient (Wildman–Crippen LogP) is 0.518. The Hall–Kier alpha value is -1.65. The summed E-state index contributed by atoms with van der Waals surface area (Å²) < 4.78 is 67.1. The minimum absolute atomic E-state index is 0.451. The highest BCUT2D eigenvalue weighted by Gasteiger charge is 2.31. The van der Waals surface area contributed by atoms with Gasteiger partial charge in [0.2, 0.25) is 10.0 Å². The van der Waals surface area contributed by atoms with E-state index in [1.54, 1.807) is 0 Å². The first-order valence-corrected chi connectivity index (χ1v) is 6.99. The van der Waals surface area contributed by atoms with Crippen molar-refractivity contribution in [2.24, 2.45) is 0 Å². The Kier molecular flexibility index (Phi) is 5.31. The summed E-state index contributed by atoms with van der Waals surface area (Å²) in [5.41, 5.74) is -1.13. The zero-order valence-electron chi connectivity index (χ0n) is 10.7. The fourth-order valence-electron chi connectivity index (χ4n) is 1.33. The van der Waals surface area contributed by atoms with Crippen LogP contribution in [0, 0.1) is 0 Å². The van der Waals surface area contributed by atoms with Gasteiger partial charge in [0.05, 0.1) is 17.6 Å². The van der Waals surface area contributed by atoms with Gasteiger partial charge in [-0.1, -0.05) is 6.07 Å². The van der Waals surface area contributed by atoms with Crippen molar-refractivity contribution >= 4 is 16.0 Å². The van der Waals surface area contributed by atoms with Crippen molar-refractivity contribution < 1.29 is 36.2 Å². The highest BCUT2D eigenvalue weighted by molar-refractivity contribution is 7.89. The van der Waals surface area contributed by atoms with Gasteiger partial charge >= 0.3 is 12.1 Å². The SMILES string of the molecule is COC(=O)C(O)CNS(=O)(=O)c1cccc(C(F)(F)F)c1. The lowest BCUT2D eigenvalue weighted by Gasteiger charge is -2.12. The number of nitrogens with one attached hydrogen (secondary N) is 1. The fraction of sp³-hybridized carbons (Fsp3) is 0.364. The summed E-state index contributed by atoms with van der Waals surface area (Å²) in [6.07, 6.45) is -6.44. The third kappa shape index (κ3) is 4.69. The summed E-state index contributed by atoms with van der Waals surface area (Å²) in [7, 11) is -3.30. The topological polar surface area (TPSA) is 92.7 Å². The number of benzene rings is 1. The fourth-order valence-corrected chi connectivity index (χ4v) is 2.41. The molecule has 118 valence electrons. The quantitative estimate of drug-likeness (QED) is 0.769. The molecule has 0 aliphatic heterocycles. The molecule has 0 aliphatic carbocycles. The van der Waals surface area contributed by atoms with Crippen molar-refractivity contribution in [2.75, 3.05) is 13.7 Å². The summed E-state index contributed by atoms with van der Waals surface area (Å²) in [5.74, 6) is -1.07. The molecule has 6 nitrogen and oxygen atoms in total. The molecule has 2 N–H and O–H groups in total. The number of methoxy groups -OCH3 is 1. The maximum Gasteiger partial charge on any atom is 0.416 e. The molecule has 1 aromatic rings. The highest BCUT2D eigenvalue weighted by atomic mass is 32.2. The zero-order chi connectivity index (χ0) is 16.3. The van der Waals surface area contributed by atoms with E-state index < -0.39 is 45.3 Å². The van der Waals surface area contributed by atoms with Crippen LogP contribution in [0.3, 0.4) is 0 Å². The molecular weight excluding hydrogens is 315 g/mol. The molecule has 1 unspecified atom stereocenters. The molecule has 1 atom stereocenters. The molecule has 0 saturated carbocycles. The number of sulfonamides is 1. The lowest BCUT2D eigenvalue weighted by Crippen LogP contribution is -2.37. The number of hydrogen-bond acceptors (Lipinski definition) is 5. The molecule has 0 spiro atoms. The van der Waals surface area contributed by atoms with Gasteiger partial charge in [0.25, 0.3) is 0 Å². The average Bonchev–Trinajstić information content (AvgIpc) is 2.43. The van der Waals surface area contributed by atoms with Gasteiger partial charge in [0.1, 0.15) is 0 Å². The first-order valence-electron chi connectivity index (χ1n) is 5.51. The Labute approximate surface area is 118 Å². The average molecular weight is 327 g/mol. The van der Waals surface area contributed by atoms with Crippen LogP contribution >= 0.6 is 0 Å². The molecule has 0 heterocycles. The Morgan fingerprint density at radius 1 is 1.43 bits per heavy atom. The second-order valence-electron chi connectivity index (χ2n) is 3.92. The van der Waals surface area contributed by atoms with Gasteiger partial charge < -0.3 is 9.84 Å². The van der Waals surface area contributed by atoms with Crippen molar-refractivity contribution in [3.8, 4) is 0 Å². The molecule has 0 aromatic heterocycles. The Morgan fingerprint density at radius 3 is 2.57 bits per heavy atom. The maximum atomic E-state index is 12.5. The monoisotopic (exact) mass is 327 g/mol. The lowest BCUT2D eigenvalue weighted by atomic mass is 10.2. The summed E-state index contributed by atoms with van der Waals surface area (Å²) >= 11 is 0. The van der Waals surface area contributed by atoms with E-state index in [-0.39, 0.29) is 0 Å². The van der Waals surface area contributed by atoms with Crippen LogP contribution in [0.2, 0.25) is 0 Å². The van der Waals surface area contributed by atoms with E-state index in [1.807, 2.05) is 4.72 Å². The van der Waals surface area contributed by atoms with Crippen molar-refractivity contribution in [3.63, 3.8) is 0 Å². The number of carbonyl (C=O) groups is 1. The van der Waals surface area contributed by atoms with Crippen molar-refractivity contribution in [1.82, 2.24) is 4.72 Å². The van der Waals surface area contributed by atoms with Crippen LogP contribution < -0.4 is 4.72 Å². The van der Waals surface area contributed by atoms with Crippen LogP contribution in [0.4, 0.5) is 13.2 Å². The smallest absolute Gasteiger partial charge is 0.416 e. The van der Waals surface area contributed by atoms with E-state index in [9.17, 15) is 31.5 Å². The third-order valence-corrected chi connectivity index (χ3v) is 3.83. The van der Waals surface area contributed by atoms with E-state index in [0.29, 0.717) is 6.07 Å². The van der Waals surface area contributed by atoms with Crippen LogP contribution in [0.25, 0.3) is 0 Å². The minimum Gasteiger partial charge on any atom is -0.467 e. The normalized spacial score (nSPS) is 13.8. The second-order valence-corrected chi connectivity index (χ2v) is 5.68. The number of carbonyl (C=O) groups excluding carboxylic acids is 1. The van der Waals surface area contributed by atoms with E-state index in [0.717, 1.165) is 25.3 Å². The molecular formula is C11H12F3NO5S. The summed E-state index contributed by atoms with van der Waals surface area (Å²) in [5, 5.41) is 9.23. The standard InChI is InChI=1S/C11H12F3NO5S/c1-20-10(17)9(16)6-15-21(18,19)8-4-2-3-7(5-8)11(12,13)14/h2-5,9,15-16H,6H2,1H3. The number of alkyl halides is 3. The Balaban J connectivity index is 2.91. The molecule has 0 bridgehead atoms. The van der Waals surface area contributed by atoms with E-state index >= 15 is 0 Å². The molecule has 0 amide bonds. The number of hydrogen-bond donors (Lipinski definition) is 2. The third-order valence-electron chi connectivity index (χ3n) is 2.41. The van der Waals surface area contributed by atoms with Gasteiger partial charge in [0, 0.05) is 6.54 Å². The molecule has 0 aliphatic rings. The Morgan fingerprint density at radius 2 is 2.05 bits per heavy atom. The van der Waals surface area contributed by atoms with Crippen molar-refractivity contribution in [3.05, 3.63) is 29.8 Å². The molecule has 0 saturated heterocycles. The highest BCUT2D eigenvalue weighted by Crippen LogP contribution is 2.30. The van der Waals surface area contributed by atoms with Gasteiger partial charge in [-0.25, -0.2) is 17.9 Å². The van der Waals surface area contributed by atoms with Gasteiger partial charge in [-0.15, -0.1) is 0 Å². The second kappa shape index (κ2) is 6.41. The molecule has 0 fully saturated rings. The molecule has 1 rings (SSSR count). The minimum atomic E-state index is -4.68. The van der Waals surface area contributed by atoms with Crippen molar-refractivity contribution in [2.45, 2.75) is 17.2 Å². The number of aliphatic hydroxyl groups excluding tert-OH is 1. The van der Waals surface area contributed by atoms with Gasteiger partial charge in [-0.3, -0.25) is 0 Å². The number of esters is 1. The lowest BCUT2D eigenvalue weighted by molar-refractivity contribution is -0.149. The van der Waals surface area contributed by atoms with E-state index in [2.05, 4.69) is 4.74 Å². The van der Waals surface area contributed by atoms with Gasteiger partial charge in [0.15, 0.2) is 6.10 Å². The van der Waals surface area contributed by atoms with Gasteiger partial charge in [-0.05, 0) is 18.2 Å². The zero-order valence-corrected chi connectivity index (χ0v) is 11.5. The van der Waals surface area contributed by atoms with Gasteiger partial charge in [-0.2, -0.15) is 13.2 Å². The van der Waals surface area contributed by atoms with Crippen molar-refractivity contribution in [1.29, 1.82) is 0 Å². The number of rotatable bonds is 5. The maximum absolute atomic E-state index is 12.5.